The van der Waals surface area contributed by atoms with Gasteiger partial charge in [-0.05, 0) is 26.2 Å². The van der Waals surface area contributed by atoms with E-state index < -0.39 is 5.97 Å². The van der Waals surface area contributed by atoms with Crippen LogP contribution in [0.5, 0.6) is 0 Å². The van der Waals surface area contributed by atoms with Gasteiger partial charge in [0.1, 0.15) is 0 Å². The number of carbonyl (C=O) groups is 2. The molecule has 3 N–H and O–H groups in total. The summed E-state index contributed by atoms with van der Waals surface area (Å²) in [7, 11) is 0. The van der Waals surface area contributed by atoms with Gasteiger partial charge in [0.15, 0.2) is 0 Å². The maximum atomic E-state index is 11.3. The van der Waals surface area contributed by atoms with E-state index in [0.29, 0.717) is 39.1 Å². The van der Waals surface area contributed by atoms with Crippen LogP contribution in [0.3, 0.4) is 0 Å². The lowest BCUT2D eigenvalue weighted by Gasteiger charge is -2.08. The minimum Gasteiger partial charge on any atom is -0.481 e. The monoisotopic (exact) mass is 260 g/mol. The molecule has 0 aromatic heterocycles. The highest BCUT2D eigenvalue weighted by Crippen LogP contribution is 2.03. The molecule has 0 rings (SSSR count). The van der Waals surface area contributed by atoms with Crippen molar-refractivity contribution >= 4 is 12.0 Å². The van der Waals surface area contributed by atoms with Gasteiger partial charge in [0.25, 0.3) is 0 Å². The Balaban J connectivity index is 3.34. The number of carboxylic acids is 1. The van der Waals surface area contributed by atoms with Crippen LogP contribution in [0.15, 0.2) is 0 Å². The fourth-order valence-corrected chi connectivity index (χ4v) is 1.32. The number of ether oxygens (including phenoxy) is 1. The molecule has 0 aromatic carbocycles. The van der Waals surface area contributed by atoms with Gasteiger partial charge in [-0.2, -0.15) is 0 Å². The van der Waals surface area contributed by atoms with Crippen LogP contribution in [0, 0.1) is 5.92 Å². The molecule has 0 bridgehead atoms. The maximum Gasteiger partial charge on any atom is 0.314 e. The van der Waals surface area contributed by atoms with Crippen LogP contribution in [0.25, 0.3) is 0 Å². The molecule has 0 spiro atoms. The molecule has 2 amide bonds. The summed E-state index contributed by atoms with van der Waals surface area (Å²) in [6.45, 7) is 6.00. The highest BCUT2D eigenvalue weighted by molar-refractivity contribution is 5.73. The fraction of sp³-hybridized carbons (Fsp3) is 0.833. The average molecular weight is 260 g/mol. The lowest BCUT2D eigenvalue weighted by Crippen LogP contribution is -2.37. The molecule has 0 fully saturated rings. The number of amides is 2. The summed E-state index contributed by atoms with van der Waals surface area (Å²) in [5, 5.41) is 14.1. The van der Waals surface area contributed by atoms with E-state index in [9.17, 15) is 9.59 Å². The molecule has 6 nitrogen and oxygen atoms in total. The Morgan fingerprint density at radius 1 is 1.22 bits per heavy atom. The van der Waals surface area contributed by atoms with Gasteiger partial charge in [0.05, 0.1) is 5.92 Å². The highest BCUT2D eigenvalue weighted by Gasteiger charge is 2.09. The van der Waals surface area contributed by atoms with Crippen molar-refractivity contribution in [2.24, 2.45) is 5.92 Å². The molecular formula is C12H24N2O4. The molecular weight excluding hydrogens is 236 g/mol. The first kappa shape index (κ1) is 16.7. The highest BCUT2D eigenvalue weighted by atomic mass is 16.5. The summed E-state index contributed by atoms with van der Waals surface area (Å²) in [5.41, 5.74) is 0. The Kier molecular flexibility index (Phi) is 10.0. The number of urea groups is 1. The average Bonchev–Trinajstić information content (AvgIpc) is 2.34. The van der Waals surface area contributed by atoms with Crippen LogP contribution < -0.4 is 10.6 Å². The Labute approximate surface area is 108 Å². The molecule has 0 aliphatic heterocycles. The molecule has 0 aliphatic rings. The van der Waals surface area contributed by atoms with Gasteiger partial charge in [-0.15, -0.1) is 0 Å². The first-order valence-corrected chi connectivity index (χ1v) is 6.40. The quantitative estimate of drug-likeness (QED) is 0.515. The second-order valence-electron chi connectivity index (χ2n) is 4.11. The van der Waals surface area contributed by atoms with E-state index in [0.717, 1.165) is 6.42 Å². The third-order valence-corrected chi connectivity index (χ3v) is 2.48. The Morgan fingerprint density at radius 3 is 2.39 bits per heavy atom. The van der Waals surface area contributed by atoms with Gasteiger partial charge in [0.2, 0.25) is 0 Å². The smallest absolute Gasteiger partial charge is 0.314 e. The SMILES string of the molecule is CCOCCCNC(=O)NCCCC(C)C(=O)O. The molecule has 0 radical (unpaired) electrons. The van der Waals surface area contributed by atoms with Gasteiger partial charge in [-0.1, -0.05) is 6.92 Å². The minimum absolute atomic E-state index is 0.213. The third-order valence-electron chi connectivity index (χ3n) is 2.48. The molecule has 0 aromatic rings. The van der Waals surface area contributed by atoms with Crippen molar-refractivity contribution in [2.75, 3.05) is 26.3 Å². The maximum absolute atomic E-state index is 11.3. The van der Waals surface area contributed by atoms with E-state index in [1.54, 1.807) is 6.92 Å². The van der Waals surface area contributed by atoms with Gasteiger partial charge in [0, 0.05) is 26.3 Å². The van der Waals surface area contributed by atoms with Gasteiger partial charge < -0.3 is 20.5 Å². The zero-order valence-electron chi connectivity index (χ0n) is 11.2. The molecule has 1 unspecified atom stereocenters. The predicted octanol–water partition coefficient (Wildman–Crippen LogP) is 1.21. The molecule has 0 aliphatic carbocycles. The Bertz CT molecular complexity index is 246. The van der Waals surface area contributed by atoms with Crippen LogP contribution in [-0.2, 0) is 9.53 Å². The molecule has 0 saturated heterocycles. The summed E-state index contributed by atoms with van der Waals surface area (Å²) in [5.74, 6) is -1.16. The van der Waals surface area contributed by atoms with Crippen LogP contribution in [0.1, 0.15) is 33.1 Å². The molecule has 0 heterocycles. The molecule has 106 valence electrons. The summed E-state index contributed by atoms with van der Waals surface area (Å²) in [6, 6.07) is -0.213. The standard InChI is InChI=1S/C12H24N2O4/c1-3-18-9-5-8-14-12(17)13-7-4-6-10(2)11(15)16/h10H,3-9H2,1-2H3,(H,15,16)(H2,13,14,17). The Hall–Kier alpha value is -1.30. The van der Waals surface area contributed by atoms with Crippen molar-refractivity contribution in [3.05, 3.63) is 0 Å². The number of hydrogen-bond donors (Lipinski definition) is 3. The lowest BCUT2D eigenvalue weighted by molar-refractivity contribution is -0.141. The van der Waals surface area contributed by atoms with Crippen molar-refractivity contribution in [1.29, 1.82) is 0 Å². The molecule has 6 heteroatoms. The summed E-state index contributed by atoms with van der Waals surface area (Å²) in [6.07, 6.45) is 2.02. The van der Waals surface area contributed by atoms with Gasteiger partial charge >= 0.3 is 12.0 Å². The number of nitrogens with one attached hydrogen (secondary N) is 2. The van der Waals surface area contributed by atoms with Crippen LogP contribution in [0.4, 0.5) is 4.79 Å². The molecule has 18 heavy (non-hydrogen) atoms. The molecule has 0 saturated carbocycles. The number of aliphatic carboxylic acids is 1. The molecule has 1 atom stereocenters. The van der Waals surface area contributed by atoms with Crippen molar-refractivity contribution in [3.63, 3.8) is 0 Å². The van der Waals surface area contributed by atoms with Crippen LogP contribution in [0.2, 0.25) is 0 Å². The number of rotatable bonds is 10. The zero-order valence-corrected chi connectivity index (χ0v) is 11.2. The third kappa shape index (κ3) is 9.89. The first-order chi connectivity index (χ1) is 8.57. The summed E-state index contributed by atoms with van der Waals surface area (Å²) >= 11 is 0. The fourth-order valence-electron chi connectivity index (χ4n) is 1.32. The van der Waals surface area contributed by atoms with Crippen LogP contribution >= 0.6 is 0 Å². The minimum atomic E-state index is -0.796. The first-order valence-electron chi connectivity index (χ1n) is 6.40. The van der Waals surface area contributed by atoms with E-state index in [-0.39, 0.29) is 11.9 Å². The van der Waals surface area contributed by atoms with E-state index >= 15 is 0 Å². The number of hydrogen-bond acceptors (Lipinski definition) is 3. The van der Waals surface area contributed by atoms with Crippen molar-refractivity contribution in [2.45, 2.75) is 33.1 Å². The van der Waals surface area contributed by atoms with Crippen molar-refractivity contribution in [1.82, 2.24) is 10.6 Å². The van der Waals surface area contributed by atoms with Gasteiger partial charge in [-0.3, -0.25) is 4.79 Å². The normalized spacial score (nSPS) is 11.9. The lowest BCUT2D eigenvalue weighted by atomic mass is 10.1. The zero-order chi connectivity index (χ0) is 13.8. The topological polar surface area (TPSA) is 87.7 Å². The second kappa shape index (κ2) is 10.8. The predicted molar refractivity (Wildman–Crippen MR) is 68.5 cm³/mol. The van der Waals surface area contributed by atoms with Crippen molar-refractivity contribution < 1.29 is 19.4 Å². The van der Waals surface area contributed by atoms with Gasteiger partial charge in [-0.25, -0.2) is 4.79 Å². The summed E-state index contributed by atoms with van der Waals surface area (Å²) < 4.78 is 5.14. The van der Waals surface area contributed by atoms with E-state index in [1.807, 2.05) is 6.92 Å². The number of carbonyl (C=O) groups excluding carboxylic acids is 1. The van der Waals surface area contributed by atoms with E-state index in [1.165, 1.54) is 0 Å². The summed E-state index contributed by atoms with van der Waals surface area (Å²) in [4.78, 5) is 21.8. The number of carboxylic acid groups (broad SMARTS) is 1. The van der Waals surface area contributed by atoms with E-state index in [4.69, 9.17) is 9.84 Å². The van der Waals surface area contributed by atoms with Crippen LogP contribution in [-0.4, -0.2) is 43.4 Å². The van der Waals surface area contributed by atoms with Crippen molar-refractivity contribution in [3.8, 4) is 0 Å². The largest absolute Gasteiger partial charge is 0.481 e. The Morgan fingerprint density at radius 2 is 1.83 bits per heavy atom. The van der Waals surface area contributed by atoms with E-state index in [2.05, 4.69) is 10.6 Å². The second-order valence-corrected chi connectivity index (χ2v) is 4.11.